The Bertz CT molecular complexity index is 1240. The van der Waals surface area contributed by atoms with Gasteiger partial charge in [-0.05, 0) is 44.1 Å². The van der Waals surface area contributed by atoms with Gasteiger partial charge in [-0.1, -0.05) is 30.2 Å². The molecule has 1 aliphatic rings. The number of piperidine rings is 1. The monoisotopic (exact) mass is 408 g/mol. The Balaban J connectivity index is 1.51. The molecular formula is C21H21ClN6O. The zero-order valence-electron chi connectivity index (χ0n) is 16.0. The van der Waals surface area contributed by atoms with E-state index >= 15 is 0 Å². The maximum atomic E-state index is 13.0. The van der Waals surface area contributed by atoms with Crippen LogP contribution in [0, 0.1) is 0 Å². The van der Waals surface area contributed by atoms with E-state index in [2.05, 4.69) is 20.0 Å². The van der Waals surface area contributed by atoms with Crippen LogP contribution in [0.3, 0.4) is 0 Å². The Morgan fingerprint density at radius 2 is 1.86 bits per heavy atom. The maximum absolute atomic E-state index is 13.0. The van der Waals surface area contributed by atoms with E-state index in [0.717, 1.165) is 25.2 Å². The Labute approximate surface area is 172 Å². The molecule has 1 aromatic carbocycles. The predicted molar refractivity (Wildman–Crippen MR) is 113 cm³/mol. The molecule has 0 N–H and O–H groups in total. The van der Waals surface area contributed by atoms with Crippen LogP contribution in [0.15, 0.2) is 47.5 Å². The highest BCUT2D eigenvalue weighted by Gasteiger charge is 2.15. The lowest BCUT2D eigenvalue weighted by atomic mass is 10.1. The molecule has 1 saturated heterocycles. The highest BCUT2D eigenvalue weighted by Crippen LogP contribution is 2.25. The van der Waals surface area contributed by atoms with Gasteiger partial charge in [0.2, 0.25) is 0 Å². The molecule has 0 unspecified atom stereocenters. The first kappa shape index (κ1) is 18.3. The van der Waals surface area contributed by atoms with Crippen molar-refractivity contribution in [3.63, 3.8) is 0 Å². The molecule has 29 heavy (non-hydrogen) atoms. The molecule has 0 atom stereocenters. The SMILES string of the molecule is O=c1c2cnc3nc(-c4ccccc4Cl)nn3c2ccn1CCN1CCCCC1. The Hall–Kier alpha value is -2.77. The molecule has 0 radical (unpaired) electrons. The van der Waals surface area contributed by atoms with Crippen LogP contribution in [0.5, 0.6) is 0 Å². The maximum Gasteiger partial charge on any atom is 0.261 e. The predicted octanol–water partition coefficient (Wildman–Crippen LogP) is 3.25. The van der Waals surface area contributed by atoms with Crippen molar-refractivity contribution in [2.24, 2.45) is 0 Å². The first-order chi connectivity index (χ1) is 14.2. The molecule has 0 bridgehead atoms. The van der Waals surface area contributed by atoms with Crippen molar-refractivity contribution in [3.8, 4) is 11.4 Å². The van der Waals surface area contributed by atoms with Crippen molar-refractivity contribution in [2.45, 2.75) is 25.8 Å². The lowest BCUT2D eigenvalue weighted by Gasteiger charge is -2.26. The quantitative estimate of drug-likeness (QED) is 0.518. The van der Waals surface area contributed by atoms with Crippen molar-refractivity contribution in [3.05, 3.63) is 58.1 Å². The number of rotatable bonds is 4. The Kier molecular flexibility index (Phi) is 4.77. The van der Waals surface area contributed by atoms with E-state index < -0.39 is 0 Å². The zero-order chi connectivity index (χ0) is 19.8. The third-order valence-corrected chi connectivity index (χ3v) is 5.86. The van der Waals surface area contributed by atoms with Gasteiger partial charge in [0.1, 0.15) is 0 Å². The minimum absolute atomic E-state index is 0.0521. The van der Waals surface area contributed by atoms with E-state index in [1.165, 1.54) is 19.3 Å². The Morgan fingerprint density at radius 1 is 1.03 bits per heavy atom. The fourth-order valence-electron chi connectivity index (χ4n) is 3.92. The highest BCUT2D eigenvalue weighted by molar-refractivity contribution is 6.33. The van der Waals surface area contributed by atoms with Crippen LogP contribution in [0.2, 0.25) is 5.02 Å². The smallest absolute Gasteiger partial charge is 0.261 e. The van der Waals surface area contributed by atoms with Crippen LogP contribution >= 0.6 is 11.6 Å². The molecule has 148 valence electrons. The molecule has 0 aliphatic carbocycles. The van der Waals surface area contributed by atoms with Crippen molar-refractivity contribution in [1.82, 2.24) is 29.0 Å². The molecule has 5 rings (SSSR count). The van der Waals surface area contributed by atoms with Gasteiger partial charge < -0.3 is 9.47 Å². The lowest BCUT2D eigenvalue weighted by Crippen LogP contribution is -2.34. The van der Waals surface area contributed by atoms with E-state index in [1.807, 2.05) is 30.5 Å². The number of hydrogen-bond donors (Lipinski definition) is 0. The molecule has 1 fully saturated rings. The van der Waals surface area contributed by atoms with Gasteiger partial charge in [0, 0.05) is 31.0 Å². The first-order valence-corrected chi connectivity index (χ1v) is 10.3. The van der Waals surface area contributed by atoms with Gasteiger partial charge in [-0.15, -0.1) is 5.10 Å². The molecule has 0 amide bonds. The van der Waals surface area contributed by atoms with Crippen LogP contribution in [0.1, 0.15) is 19.3 Å². The number of aromatic nitrogens is 5. The summed E-state index contributed by atoms with van der Waals surface area (Å²) >= 11 is 6.28. The summed E-state index contributed by atoms with van der Waals surface area (Å²) in [6, 6.07) is 9.33. The van der Waals surface area contributed by atoms with E-state index in [-0.39, 0.29) is 5.56 Å². The second-order valence-electron chi connectivity index (χ2n) is 7.40. The summed E-state index contributed by atoms with van der Waals surface area (Å²) in [5.41, 5.74) is 1.38. The molecule has 8 heteroatoms. The number of likely N-dealkylation sites (tertiary alicyclic amines) is 1. The van der Waals surface area contributed by atoms with Crippen LogP contribution < -0.4 is 5.56 Å². The van der Waals surface area contributed by atoms with Gasteiger partial charge in [0.05, 0.1) is 15.9 Å². The van der Waals surface area contributed by atoms with Crippen molar-refractivity contribution >= 4 is 28.3 Å². The average molecular weight is 409 g/mol. The summed E-state index contributed by atoms with van der Waals surface area (Å²) in [4.78, 5) is 24.3. The van der Waals surface area contributed by atoms with E-state index in [9.17, 15) is 4.79 Å². The standard InChI is InChI=1S/C21H21ClN6O/c22-17-7-3-2-6-15(17)19-24-21-23-14-16-18(28(21)25-19)8-11-27(20(16)29)13-12-26-9-4-1-5-10-26/h2-3,6-8,11,14H,1,4-5,9-10,12-13H2. The van der Waals surface area contributed by atoms with Crippen LogP contribution in [-0.4, -0.2) is 48.7 Å². The van der Waals surface area contributed by atoms with Crippen LogP contribution in [0.25, 0.3) is 28.1 Å². The van der Waals surface area contributed by atoms with Crippen LogP contribution in [-0.2, 0) is 6.54 Å². The van der Waals surface area contributed by atoms with Gasteiger partial charge >= 0.3 is 0 Å². The van der Waals surface area contributed by atoms with Gasteiger partial charge in [-0.3, -0.25) is 4.79 Å². The number of fused-ring (bicyclic) bond motifs is 3. The number of pyridine rings is 1. The molecule has 3 aromatic heterocycles. The molecule has 0 saturated carbocycles. The first-order valence-electron chi connectivity index (χ1n) is 9.93. The molecule has 7 nitrogen and oxygen atoms in total. The third-order valence-electron chi connectivity index (χ3n) is 5.53. The van der Waals surface area contributed by atoms with Gasteiger partial charge in [0.25, 0.3) is 11.3 Å². The zero-order valence-corrected chi connectivity index (χ0v) is 16.7. The number of halogens is 1. The normalized spacial score (nSPS) is 15.3. The summed E-state index contributed by atoms with van der Waals surface area (Å²) in [6.45, 7) is 3.80. The Morgan fingerprint density at radius 3 is 2.69 bits per heavy atom. The van der Waals surface area contributed by atoms with Gasteiger partial charge in [0.15, 0.2) is 5.82 Å². The van der Waals surface area contributed by atoms with E-state index in [0.29, 0.717) is 34.1 Å². The van der Waals surface area contributed by atoms with Crippen molar-refractivity contribution in [1.29, 1.82) is 0 Å². The fraction of sp³-hybridized carbons (Fsp3) is 0.333. The van der Waals surface area contributed by atoms with Gasteiger partial charge in [-0.25, -0.2) is 4.98 Å². The highest BCUT2D eigenvalue weighted by atomic mass is 35.5. The molecule has 4 aromatic rings. The summed E-state index contributed by atoms with van der Waals surface area (Å²) in [5.74, 6) is 0.933. The van der Waals surface area contributed by atoms with Crippen molar-refractivity contribution < 1.29 is 0 Å². The van der Waals surface area contributed by atoms with Crippen LogP contribution in [0.4, 0.5) is 0 Å². The average Bonchev–Trinajstić information content (AvgIpc) is 3.19. The number of benzene rings is 1. The summed E-state index contributed by atoms with van der Waals surface area (Å²) < 4.78 is 3.38. The number of nitrogens with zero attached hydrogens (tertiary/aromatic N) is 6. The molecular weight excluding hydrogens is 388 g/mol. The summed E-state index contributed by atoms with van der Waals surface area (Å²) in [7, 11) is 0. The van der Waals surface area contributed by atoms with Gasteiger partial charge in [-0.2, -0.15) is 9.50 Å². The second-order valence-corrected chi connectivity index (χ2v) is 7.81. The summed E-state index contributed by atoms with van der Waals surface area (Å²) in [5, 5.41) is 5.68. The lowest BCUT2D eigenvalue weighted by molar-refractivity contribution is 0.220. The minimum Gasteiger partial charge on any atom is -0.314 e. The fourth-order valence-corrected chi connectivity index (χ4v) is 4.14. The third kappa shape index (κ3) is 3.41. The largest absolute Gasteiger partial charge is 0.314 e. The van der Waals surface area contributed by atoms with E-state index in [4.69, 9.17) is 11.6 Å². The van der Waals surface area contributed by atoms with E-state index in [1.54, 1.807) is 21.3 Å². The summed E-state index contributed by atoms with van der Waals surface area (Å²) in [6.07, 6.45) is 7.23. The molecule has 0 spiro atoms. The van der Waals surface area contributed by atoms with Crippen molar-refractivity contribution in [2.75, 3.05) is 19.6 Å². The minimum atomic E-state index is -0.0521. The second kappa shape index (κ2) is 7.57. The molecule has 4 heterocycles. The number of hydrogen-bond acceptors (Lipinski definition) is 5. The topological polar surface area (TPSA) is 68.3 Å². The molecule has 1 aliphatic heterocycles.